The molecule has 0 saturated heterocycles. The summed E-state index contributed by atoms with van der Waals surface area (Å²) in [5, 5.41) is 0. The van der Waals surface area contributed by atoms with Gasteiger partial charge >= 0.3 is 0 Å². The smallest absolute Gasteiger partial charge is 0.126 e. The van der Waals surface area contributed by atoms with E-state index in [9.17, 15) is 0 Å². The fourth-order valence-electron chi connectivity index (χ4n) is 2.43. The molecule has 0 aliphatic rings. The quantitative estimate of drug-likeness (QED) is 0.857. The Morgan fingerprint density at radius 3 is 2.68 bits per heavy atom. The van der Waals surface area contributed by atoms with Crippen LogP contribution in [0, 0.1) is 0 Å². The van der Waals surface area contributed by atoms with Crippen molar-refractivity contribution in [3.05, 3.63) is 29.6 Å². The molecular formula is C16H25N3. The number of nitrogens with two attached hydrogens (primary N) is 1. The van der Waals surface area contributed by atoms with Gasteiger partial charge in [-0.2, -0.15) is 0 Å². The number of imidazole rings is 1. The van der Waals surface area contributed by atoms with Crippen molar-refractivity contribution in [2.45, 2.75) is 59.0 Å². The lowest BCUT2D eigenvalue weighted by Crippen LogP contribution is -2.16. The van der Waals surface area contributed by atoms with Gasteiger partial charge in [0, 0.05) is 6.54 Å². The summed E-state index contributed by atoms with van der Waals surface area (Å²) >= 11 is 0. The molecule has 3 nitrogen and oxygen atoms in total. The maximum Gasteiger partial charge on any atom is 0.126 e. The van der Waals surface area contributed by atoms with Gasteiger partial charge in [0.25, 0.3) is 0 Å². The third kappa shape index (κ3) is 2.81. The molecule has 2 N–H and O–H groups in total. The number of aryl methyl sites for hydroxylation is 2. The Balaban J connectivity index is 2.51. The highest BCUT2D eigenvalue weighted by Crippen LogP contribution is 2.23. The molecule has 1 unspecified atom stereocenters. The molecule has 0 saturated carbocycles. The molecular weight excluding hydrogens is 234 g/mol. The van der Waals surface area contributed by atoms with Crippen molar-refractivity contribution in [1.82, 2.24) is 9.55 Å². The number of rotatable bonds is 6. The Kier molecular flexibility index (Phi) is 4.59. The maximum atomic E-state index is 6.22. The van der Waals surface area contributed by atoms with Crippen molar-refractivity contribution in [2.75, 3.05) is 0 Å². The molecule has 0 bridgehead atoms. The largest absolute Gasteiger partial charge is 0.327 e. The molecule has 19 heavy (non-hydrogen) atoms. The highest BCUT2D eigenvalue weighted by atomic mass is 15.1. The highest BCUT2D eigenvalue weighted by molar-refractivity contribution is 5.77. The van der Waals surface area contributed by atoms with Gasteiger partial charge < -0.3 is 10.3 Å². The standard InChI is InChI=1S/C16H25N3/c1-4-7-10-19-15-9-8-12(5-2)11-14(15)18-16(19)13(17)6-3/h8-9,11,13H,4-7,10,17H2,1-3H3. The van der Waals surface area contributed by atoms with Crippen LogP contribution < -0.4 is 5.73 Å². The molecule has 0 spiro atoms. The van der Waals surface area contributed by atoms with Crippen molar-refractivity contribution in [3.8, 4) is 0 Å². The number of aromatic nitrogens is 2. The summed E-state index contributed by atoms with van der Waals surface area (Å²) in [5.41, 5.74) is 9.87. The molecule has 0 aliphatic carbocycles. The maximum absolute atomic E-state index is 6.22. The van der Waals surface area contributed by atoms with E-state index in [1.807, 2.05) is 0 Å². The van der Waals surface area contributed by atoms with Crippen molar-refractivity contribution in [3.63, 3.8) is 0 Å². The van der Waals surface area contributed by atoms with Gasteiger partial charge in [-0.3, -0.25) is 0 Å². The van der Waals surface area contributed by atoms with E-state index in [4.69, 9.17) is 10.7 Å². The minimum Gasteiger partial charge on any atom is -0.327 e. The van der Waals surface area contributed by atoms with E-state index in [0.29, 0.717) is 0 Å². The molecule has 1 aromatic carbocycles. The summed E-state index contributed by atoms with van der Waals surface area (Å²) in [4.78, 5) is 4.78. The average Bonchev–Trinajstić information content (AvgIpc) is 2.81. The molecule has 3 heteroatoms. The first-order valence-electron chi connectivity index (χ1n) is 7.45. The molecule has 2 aromatic rings. The van der Waals surface area contributed by atoms with Gasteiger partial charge in [0.15, 0.2) is 0 Å². The lowest BCUT2D eigenvalue weighted by atomic mass is 10.1. The van der Waals surface area contributed by atoms with E-state index in [-0.39, 0.29) is 6.04 Å². The lowest BCUT2D eigenvalue weighted by molar-refractivity contribution is 0.560. The van der Waals surface area contributed by atoms with Crippen LogP contribution in [-0.2, 0) is 13.0 Å². The predicted octanol–water partition coefficient (Wildman–Crippen LogP) is 3.81. The second-order valence-corrected chi connectivity index (χ2v) is 5.17. The first-order chi connectivity index (χ1) is 9.21. The zero-order chi connectivity index (χ0) is 13.8. The van der Waals surface area contributed by atoms with Crippen molar-refractivity contribution >= 4 is 11.0 Å². The SMILES string of the molecule is CCCCn1c(C(N)CC)nc2cc(CC)ccc21. The number of nitrogens with zero attached hydrogens (tertiary/aromatic N) is 2. The Labute approximate surface area is 115 Å². The average molecular weight is 259 g/mol. The van der Waals surface area contributed by atoms with Crippen LogP contribution in [0.5, 0.6) is 0 Å². The van der Waals surface area contributed by atoms with Gasteiger partial charge in [-0.15, -0.1) is 0 Å². The van der Waals surface area contributed by atoms with Gasteiger partial charge in [-0.05, 0) is 37.0 Å². The Morgan fingerprint density at radius 1 is 1.26 bits per heavy atom. The summed E-state index contributed by atoms with van der Waals surface area (Å²) < 4.78 is 2.31. The van der Waals surface area contributed by atoms with Gasteiger partial charge in [-0.25, -0.2) is 4.98 Å². The van der Waals surface area contributed by atoms with Crippen LogP contribution in [0.15, 0.2) is 18.2 Å². The van der Waals surface area contributed by atoms with E-state index in [0.717, 1.165) is 30.7 Å². The van der Waals surface area contributed by atoms with Crippen LogP contribution in [-0.4, -0.2) is 9.55 Å². The molecule has 0 radical (unpaired) electrons. The van der Waals surface area contributed by atoms with Crippen molar-refractivity contribution in [1.29, 1.82) is 0 Å². The zero-order valence-corrected chi connectivity index (χ0v) is 12.3. The van der Waals surface area contributed by atoms with Crippen LogP contribution in [0.2, 0.25) is 0 Å². The van der Waals surface area contributed by atoms with Crippen molar-refractivity contribution < 1.29 is 0 Å². The molecule has 1 heterocycles. The zero-order valence-electron chi connectivity index (χ0n) is 12.3. The third-order valence-corrected chi connectivity index (χ3v) is 3.76. The molecule has 0 aliphatic heterocycles. The molecule has 0 amide bonds. The van der Waals surface area contributed by atoms with Gasteiger partial charge in [0.05, 0.1) is 17.1 Å². The molecule has 1 atom stereocenters. The molecule has 0 fully saturated rings. The lowest BCUT2D eigenvalue weighted by Gasteiger charge is -2.12. The number of benzene rings is 1. The number of unbranched alkanes of at least 4 members (excludes halogenated alkanes) is 1. The molecule has 104 valence electrons. The topological polar surface area (TPSA) is 43.8 Å². The van der Waals surface area contributed by atoms with Gasteiger partial charge in [0.2, 0.25) is 0 Å². The van der Waals surface area contributed by atoms with E-state index in [1.54, 1.807) is 0 Å². The second-order valence-electron chi connectivity index (χ2n) is 5.17. The number of hydrogen-bond acceptors (Lipinski definition) is 2. The highest BCUT2D eigenvalue weighted by Gasteiger charge is 2.15. The normalized spacial score (nSPS) is 13.1. The Morgan fingerprint density at radius 2 is 2.05 bits per heavy atom. The Hall–Kier alpha value is -1.35. The molecule has 2 rings (SSSR count). The van der Waals surface area contributed by atoms with E-state index < -0.39 is 0 Å². The minimum atomic E-state index is 0.0364. The predicted molar refractivity (Wildman–Crippen MR) is 81.2 cm³/mol. The summed E-state index contributed by atoms with van der Waals surface area (Å²) in [6, 6.07) is 6.63. The third-order valence-electron chi connectivity index (χ3n) is 3.76. The fourth-order valence-corrected chi connectivity index (χ4v) is 2.43. The first-order valence-corrected chi connectivity index (χ1v) is 7.45. The monoisotopic (exact) mass is 259 g/mol. The van der Waals surface area contributed by atoms with Crippen LogP contribution in [0.4, 0.5) is 0 Å². The Bertz CT molecular complexity index is 542. The summed E-state index contributed by atoms with van der Waals surface area (Å²) in [6.45, 7) is 7.52. The summed E-state index contributed by atoms with van der Waals surface area (Å²) in [6.07, 6.45) is 4.33. The fraction of sp³-hybridized carbons (Fsp3) is 0.562. The van der Waals surface area contributed by atoms with Crippen LogP contribution in [0.25, 0.3) is 11.0 Å². The first kappa shape index (κ1) is 14.1. The minimum absolute atomic E-state index is 0.0364. The number of fused-ring (bicyclic) bond motifs is 1. The van der Waals surface area contributed by atoms with Crippen LogP contribution in [0.1, 0.15) is 57.5 Å². The summed E-state index contributed by atoms with van der Waals surface area (Å²) in [5.74, 6) is 1.04. The van der Waals surface area contributed by atoms with Gasteiger partial charge in [0.1, 0.15) is 5.82 Å². The number of hydrogen-bond donors (Lipinski definition) is 1. The van der Waals surface area contributed by atoms with Crippen LogP contribution in [0.3, 0.4) is 0 Å². The second kappa shape index (κ2) is 6.20. The van der Waals surface area contributed by atoms with Crippen molar-refractivity contribution in [2.24, 2.45) is 5.73 Å². The van der Waals surface area contributed by atoms with Crippen LogP contribution >= 0.6 is 0 Å². The van der Waals surface area contributed by atoms with E-state index >= 15 is 0 Å². The van der Waals surface area contributed by atoms with Gasteiger partial charge in [-0.1, -0.05) is 33.3 Å². The van der Waals surface area contributed by atoms with E-state index in [1.165, 1.54) is 23.9 Å². The summed E-state index contributed by atoms with van der Waals surface area (Å²) in [7, 11) is 0. The van der Waals surface area contributed by atoms with E-state index in [2.05, 4.69) is 43.5 Å². The molecule has 1 aromatic heterocycles.